The number of aromatic nitrogens is 2. The first kappa shape index (κ1) is 27.4. The van der Waals surface area contributed by atoms with Gasteiger partial charge in [-0.05, 0) is 46.2 Å². The van der Waals surface area contributed by atoms with Gasteiger partial charge in [0.15, 0.2) is 0 Å². The Labute approximate surface area is 285 Å². The lowest BCUT2D eigenvalue weighted by Gasteiger charge is -2.12. The second kappa shape index (κ2) is 11.0. The van der Waals surface area contributed by atoms with Crippen LogP contribution in [0.3, 0.4) is 0 Å². The quantitative estimate of drug-likeness (QED) is 0.190. The predicted molar refractivity (Wildman–Crippen MR) is 207 cm³/mol. The van der Waals surface area contributed by atoms with Crippen LogP contribution in [0, 0.1) is 0 Å². The SMILES string of the molecule is c1ccc2c(c1)sc1c(-c3ccc(-c4cccc5c(-c6ccc(-c7cccc8c7sc7ccccc78)nc6)cccc45)cn3)cccc12. The average molecular weight is 647 g/mol. The van der Waals surface area contributed by atoms with Crippen molar-refractivity contribution < 1.29 is 0 Å². The second-order valence-electron chi connectivity index (χ2n) is 12.1. The summed E-state index contributed by atoms with van der Waals surface area (Å²) in [5.41, 5.74) is 8.91. The van der Waals surface area contributed by atoms with E-state index in [1.807, 2.05) is 35.1 Å². The molecule has 0 saturated heterocycles. The van der Waals surface area contributed by atoms with E-state index < -0.39 is 0 Å². The molecule has 0 aliphatic carbocycles. The first-order chi connectivity index (χ1) is 23.8. The van der Waals surface area contributed by atoms with Crippen molar-refractivity contribution in [2.24, 2.45) is 0 Å². The van der Waals surface area contributed by atoms with Crippen LogP contribution in [0.25, 0.3) is 95.9 Å². The lowest BCUT2D eigenvalue weighted by Crippen LogP contribution is -1.89. The fraction of sp³-hybridized carbons (Fsp3) is 0. The molecule has 0 fully saturated rings. The van der Waals surface area contributed by atoms with E-state index in [-0.39, 0.29) is 0 Å². The van der Waals surface area contributed by atoms with Gasteiger partial charge in [-0.15, -0.1) is 22.7 Å². The van der Waals surface area contributed by atoms with Gasteiger partial charge in [-0.1, -0.05) is 121 Å². The number of nitrogens with zero attached hydrogens (tertiary/aromatic N) is 2. The first-order valence-electron chi connectivity index (χ1n) is 16.1. The van der Waals surface area contributed by atoms with Gasteiger partial charge in [0, 0.05) is 75.0 Å². The normalized spacial score (nSPS) is 11.8. The smallest absolute Gasteiger partial charge is 0.0716 e. The van der Waals surface area contributed by atoms with Crippen molar-refractivity contribution in [3.8, 4) is 44.8 Å². The highest BCUT2D eigenvalue weighted by Crippen LogP contribution is 2.42. The predicted octanol–water partition coefficient (Wildman–Crippen LogP) is 13.0. The number of hydrogen-bond acceptors (Lipinski definition) is 4. The monoisotopic (exact) mass is 646 g/mol. The van der Waals surface area contributed by atoms with Crippen LogP contribution in [-0.2, 0) is 0 Å². The van der Waals surface area contributed by atoms with Crippen molar-refractivity contribution >= 4 is 73.8 Å². The zero-order valence-electron chi connectivity index (χ0n) is 25.7. The van der Waals surface area contributed by atoms with Gasteiger partial charge >= 0.3 is 0 Å². The number of benzene rings is 6. The third-order valence-corrected chi connectivity index (χ3v) is 11.9. The van der Waals surface area contributed by atoms with Gasteiger partial charge in [-0.25, -0.2) is 0 Å². The van der Waals surface area contributed by atoms with E-state index in [0.29, 0.717) is 0 Å². The molecule has 0 saturated carbocycles. The number of pyridine rings is 2. The van der Waals surface area contributed by atoms with Gasteiger partial charge in [-0.2, -0.15) is 0 Å². The van der Waals surface area contributed by atoms with Crippen molar-refractivity contribution in [3.63, 3.8) is 0 Å². The van der Waals surface area contributed by atoms with Crippen LogP contribution in [0.4, 0.5) is 0 Å². The molecule has 224 valence electrons. The van der Waals surface area contributed by atoms with Crippen LogP contribution in [0.1, 0.15) is 0 Å². The maximum atomic E-state index is 5.00. The minimum absolute atomic E-state index is 0.995. The van der Waals surface area contributed by atoms with Crippen LogP contribution < -0.4 is 0 Å². The molecule has 0 aliphatic heterocycles. The topological polar surface area (TPSA) is 25.8 Å². The largest absolute Gasteiger partial charge is 0.256 e. The summed E-state index contributed by atoms with van der Waals surface area (Å²) >= 11 is 3.68. The molecule has 0 radical (unpaired) electrons. The molecule has 10 rings (SSSR count). The first-order valence-corrected chi connectivity index (χ1v) is 17.7. The average Bonchev–Trinajstić information content (AvgIpc) is 3.73. The van der Waals surface area contributed by atoms with Gasteiger partial charge in [0.2, 0.25) is 0 Å². The van der Waals surface area contributed by atoms with E-state index in [0.717, 1.165) is 22.5 Å². The summed E-state index contributed by atoms with van der Waals surface area (Å²) in [5, 5.41) is 7.60. The van der Waals surface area contributed by atoms with Gasteiger partial charge in [-0.3, -0.25) is 9.97 Å². The zero-order chi connectivity index (χ0) is 31.6. The Morgan fingerprint density at radius 1 is 0.312 bits per heavy atom. The number of rotatable bonds is 4. The highest BCUT2D eigenvalue weighted by atomic mass is 32.1. The maximum absolute atomic E-state index is 5.00. The Bertz CT molecular complexity index is 2630. The van der Waals surface area contributed by atoms with Crippen molar-refractivity contribution in [2.75, 3.05) is 0 Å². The Morgan fingerprint density at radius 2 is 0.708 bits per heavy atom. The van der Waals surface area contributed by atoms with Gasteiger partial charge in [0.25, 0.3) is 0 Å². The fourth-order valence-electron chi connectivity index (χ4n) is 7.14. The van der Waals surface area contributed by atoms with E-state index in [1.54, 1.807) is 0 Å². The molecule has 4 heterocycles. The lowest BCUT2D eigenvalue weighted by atomic mass is 9.93. The Morgan fingerprint density at radius 3 is 1.15 bits per heavy atom. The van der Waals surface area contributed by atoms with Crippen LogP contribution in [0.2, 0.25) is 0 Å². The summed E-state index contributed by atoms with van der Waals surface area (Å²) in [6.45, 7) is 0. The lowest BCUT2D eigenvalue weighted by molar-refractivity contribution is 1.33. The number of fused-ring (bicyclic) bond motifs is 7. The molecule has 48 heavy (non-hydrogen) atoms. The van der Waals surface area contributed by atoms with E-state index in [2.05, 4.69) is 146 Å². The molecule has 10 aromatic rings. The van der Waals surface area contributed by atoms with Crippen molar-refractivity contribution in [1.82, 2.24) is 9.97 Å². The molecular formula is C44H26N2S2. The van der Waals surface area contributed by atoms with E-state index in [1.165, 1.54) is 73.4 Å². The summed E-state index contributed by atoms with van der Waals surface area (Å²) in [7, 11) is 0. The van der Waals surface area contributed by atoms with Crippen molar-refractivity contribution in [2.45, 2.75) is 0 Å². The molecule has 0 aliphatic rings. The third kappa shape index (κ3) is 4.31. The summed E-state index contributed by atoms with van der Waals surface area (Å²) in [6, 6.07) is 52.2. The zero-order valence-corrected chi connectivity index (χ0v) is 27.4. The van der Waals surface area contributed by atoms with Crippen LogP contribution in [-0.4, -0.2) is 9.97 Å². The summed E-state index contributed by atoms with van der Waals surface area (Å²) in [5.74, 6) is 0. The number of thiophene rings is 2. The minimum atomic E-state index is 0.995. The van der Waals surface area contributed by atoms with E-state index >= 15 is 0 Å². The summed E-state index contributed by atoms with van der Waals surface area (Å²) in [4.78, 5) is 10.0. The third-order valence-electron chi connectivity index (χ3n) is 9.43. The molecular weight excluding hydrogens is 621 g/mol. The van der Waals surface area contributed by atoms with Crippen molar-refractivity contribution in [1.29, 1.82) is 0 Å². The maximum Gasteiger partial charge on any atom is 0.0716 e. The van der Waals surface area contributed by atoms with E-state index in [4.69, 9.17) is 9.97 Å². The molecule has 0 amide bonds. The Balaban J connectivity index is 1.01. The highest BCUT2D eigenvalue weighted by molar-refractivity contribution is 7.26. The molecule has 0 unspecified atom stereocenters. The Kier molecular flexibility index (Phi) is 6.26. The molecule has 4 heteroatoms. The van der Waals surface area contributed by atoms with Gasteiger partial charge < -0.3 is 0 Å². The standard InChI is InChI=1S/C44H26N2S2/c1-3-19-41-33(9-1)35-15-7-17-37(43(35)47-41)39-23-21-27(25-45-39)29-11-5-14-32-30(12-6-13-31(29)32)28-22-24-40(46-26-28)38-18-8-16-36-34-10-2-4-20-42(34)48-44(36)38/h1-26H. The van der Waals surface area contributed by atoms with Gasteiger partial charge in [0.1, 0.15) is 0 Å². The summed E-state index contributed by atoms with van der Waals surface area (Å²) in [6.07, 6.45) is 4.04. The molecule has 4 aromatic heterocycles. The Hall–Kier alpha value is -5.68. The highest BCUT2D eigenvalue weighted by Gasteiger charge is 2.14. The second-order valence-corrected chi connectivity index (χ2v) is 14.2. The molecule has 0 atom stereocenters. The van der Waals surface area contributed by atoms with Crippen molar-refractivity contribution in [3.05, 3.63) is 158 Å². The van der Waals surface area contributed by atoms with Crippen LogP contribution in [0.15, 0.2) is 158 Å². The fourth-order valence-corrected chi connectivity index (χ4v) is 9.59. The molecule has 0 bridgehead atoms. The molecule has 6 aromatic carbocycles. The molecule has 2 nitrogen and oxygen atoms in total. The summed E-state index contributed by atoms with van der Waals surface area (Å²) < 4.78 is 5.19. The van der Waals surface area contributed by atoms with Gasteiger partial charge in [0.05, 0.1) is 11.4 Å². The molecule has 0 N–H and O–H groups in total. The van der Waals surface area contributed by atoms with Crippen LogP contribution in [0.5, 0.6) is 0 Å². The minimum Gasteiger partial charge on any atom is -0.256 e. The van der Waals surface area contributed by atoms with Crippen LogP contribution >= 0.6 is 22.7 Å². The number of hydrogen-bond donors (Lipinski definition) is 0. The van der Waals surface area contributed by atoms with E-state index in [9.17, 15) is 0 Å². The molecule has 0 spiro atoms.